The number of esters is 4. The molecule has 564 valence electrons. The molecule has 0 amide bonds. The van der Waals surface area contributed by atoms with Crippen LogP contribution in [0.5, 0.6) is 0 Å². The van der Waals surface area contributed by atoms with Crippen molar-refractivity contribution in [3.63, 3.8) is 0 Å². The van der Waals surface area contributed by atoms with Gasteiger partial charge in [-0.05, 0) is 37.5 Å². The summed E-state index contributed by atoms with van der Waals surface area (Å²) in [5.41, 5.74) is 0. The summed E-state index contributed by atoms with van der Waals surface area (Å²) >= 11 is 0. The van der Waals surface area contributed by atoms with Gasteiger partial charge in [-0.15, -0.1) is 0 Å². The predicted octanol–water partition coefficient (Wildman–Crippen LogP) is 22.3. The fraction of sp³-hybridized carbons (Fsp3) is 0.947. The molecule has 0 saturated carbocycles. The number of carbonyl (C=O) groups is 4. The molecule has 95 heavy (non-hydrogen) atoms. The summed E-state index contributed by atoms with van der Waals surface area (Å²) in [6.45, 7) is 9.56. The van der Waals surface area contributed by atoms with Gasteiger partial charge in [0.1, 0.15) is 19.3 Å². The van der Waals surface area contributed by atoms with Crippen molar-refractivity contribution < 1.29 is 80.2 Å². The molecular weight excluding hydrogens is 1250 g/mol. The van der Waals surface area contributed by atoms with Gasteiger partial charge in [0.25, 0.3) is 0 Å². The van der Waals surface area contributed by atoms with Gasteiger partial charge in [0, 0.05) is 25.7 Å². The molecule has 17 nitrogen and oxygen atoms in total. The summed E-state index contributed by atoms with van der Waals surface area (Å²) in [5.74, 6) is -0.607. The van der Waals surface area contributed by atoms with Crippen LogP contribution in [0.4, 0.5) is 0 Å². The largest absolute Gasteiger partial charge is 0.472 e. The van der Waals surface area contributed by atoms with Gasteiger partial charge in [-0.25, -0.2) is 9.13 Å². The Morgan fingerprint density at radius 3 is 0.716 bits per heavy atom. The minimum absolute atomic E-state index is 0.106. The van der Waals surface area contributed by atoms with Crippen molar-refractivity contribution in [1.29, 1.82) is 0 Å². The maximum atomic E-state index is 13.1. The third-order valence-electron chi connectivity index (χ3n) is 17.7. The topological polar surface area (TPSA) is 237 Å². The molecule has 0 saturated heterocycles. The summed E-state index contributed by atoms with van der Waals surface area (Å²) in [5, 5.41) is 10.6. The smallest absolute Gasteiger partial charge is 0.462 e. The van der Waals surface area contributed by atoms with Crippen molar-refractivity contribution in [3.8, 4) is 0 Å². The Morgan fingerprint density at radius 2 is 0.484 bits per heavy atom. The zero-order valence-corrected chi connectivity index (χ0v) is 63.8. The van der Waals surface area contributed by atoms with E-state index in [1.54, 1.807) is 0 Å². The van der Waals surface area contributed by atoms with Crippen molar-refractivity contribution in [2.45, 2.75) is 413 Å². The molecule has 0 rings (SSSR count). The van der Waals surface area contributed by atoms with Crippen molar-refractivity contribution in [2.75, 3.05) is 39.6 Å². The fourth-order valence-corrected chi connectivity index (χ4v) is 13.2. The van der Waals surface area contributed by atoms with E-state index in [0.29, 0.717) is 25.7 Å². The lowest BCUT2D eigenvalue weighted by Gasteiger charge is -2.21. The third-order valence-corrected chi connectivity index (χ3v) is 19.6. The number of aliphatic hydroxyl groups is 1. The van der Waals surface area contributed by atoms with Crippen LogP contribution in [0.25, 0.3) is 0 Å². The predicted molar refractivity (Wildman–Crippen MR) is 386 cm³/mol. The number of phosphoric acid groups is 2. The molecule has 0 aromatic rings. The first-order valence-corrected chi connectivity index (χ1v) is 42.5. The summed E-state index contributed by atoms with van der Waals surface area (Å²) in [6.07, 6.45) is 55.6. The van der Waals surface area contributed by atoms with Crippen LogP contribution in [0.3, 0.4) is 0 Å². The van der Waals surface area contributed by atoms with E-state index in [4.69, 9.17) is 37.0 Å². The van der Waals surface area contributed by atoms with Gasteiger partial charge >= 0.3 is 39.5 Å². The minimum atomic E-state index is -4.96. The number of rotatable bonds is 75. The lowest BCUT2D eigenvalue weighted by atomic mass is 10.0. The van der Waals surface area contributed by atoms with E-state index in [-0.39, 0.29) is 25.7 Å². The average Bonchev–Trinajstić information content (AvgIpc) is 2.33. The van der Waals surface area contributed by atoms with Crippen LogP contribution >= 0.6 is 15.6 Å². The first-order valence-electron chi connectivity index (χ1n) is 39.5. The molecular formula is C76H148O17P2. The van der Waals surface area contributed by atoms with Crippen LogP contribution in [-0.2, 0) is 65.4 Å². The number of unbranched alkanes of at least 4 members (excludes halogenated alkanes) is 45. The lowest BCUT2D eigenvalue weighted by molar-refractivity contribution is -0.161. The van der Waals surface area contributed by atoms with Crippen molar-refractivity contribution in [3.05, 3.63) is 0 Å². The van der Waals surface area contributed by atoms with Gasteiger partial charge in [-0.2, -0.15) is 0 Å². The van der Waals surface area contributed by atoms with Crippen LogP contribution in [0.2, 0.25) is 0 Å². The standard InChI is InChI=1S/C76H148O17P2/c1-7-9-11-13-15-17-18-19-20-21-22-23-24-25-26-27-36-42-48-54-60-75(80)92-72(65-87-74(79)59-53-47-41-35-30-28-33-38-44-50-56-68(3)4)67-91-95(84,85)89-63-70(77)62-88-94(82,83)90-66-71(64-86-73(78)58-52-46-40-32-16-14-12-10-8-2)93-76(81)61-55-49-43-37-31-29-34-39-45-51-57-69(5)6/h68-72,77H,7-67H2,1-6H3,(H,82,83)(H,84,85)/t70-,71+,72+/m0/s1. The highest BCUT2D eigenvalue weighted by atomic mass is 31.2. The lowest BCUT2D eigenvalue weighted by Crippen LogP contribution is -2.30. The molecule has 3 N–H and O–H groups in total. The Kier molecular flexibility index (Phi) is 66.5. The molecule has 0 aliphatic heterocycles. The van der Waals surface area contributed by atoms with Gasteiger partial charge in [-0.3, -0.25) is 37.3 Å². The Bertz CT molecular complexity index is 1840. The minimum Gasteiger partial charge on any atom is -0.462 e. The van der Waals surface area contributed by atoms with Crippen LogP contribution in [0.15, 0.2) is 0 Å². The number of ether oxygens (including phenoxy) is 4. The van der Waals surface area contributed by atoms with E-state index >= 15 is 0 Å². The molecule has 0 aliphatic rings. The maximum Gasteiger partial charge on any atom is 0.472 e. The van der Waals surface area contributed by atoms with Gasteiger partial charge in [0.2, 0.25) is 0 Å². The van der Waals surface area contributed by atoms with E-state index in [2.05, 4.69) is 41.5 Å². The first kappa shape index (κ1) is 93.1. The highest BCUT2D eigenvalue weighted by molar-refractivity contribution is 7.47. The Hall–Kier alpha value is -1.94. The Labute approximate surface area is 581 Å². The number of aliphatic hydroxyl groups excluding tert-OH is 1. The average molecular weight is 1400 g/mol. The van der Waals surface area contributed by atoms with E-state index in [0.717, 1.165) is 102 Å². The zero-order chi connectivity index (χ0) is 70.0. The van der Waals surface area contributed by atoms with E-state index in [1.165, 1.54) is 212 Å². The molecule has 19 heteroatoms. The number of phosphoric ester groups is 2. The fourth-order valence-electron chi connectivity index (χ4n) is 11.7. The summed E-state index contributed by atoms with van der Waals surface area (Å²) in [4.78, 5) is 72.7. The monoisotopic (exact) mass is 1400 g/mol. The molecule has 5 atom stereocenters. The second-order valence-electron chi connectivity index (χ2n) is 28.3. The Morgan fingerprint density at radius 1 is 0.284 bits per heavy atom. The van der Waals surface area contributed by atoms with Crippen molar-refractivity contribution in [2.24, 2.45) is 11.8 Å². The van der Waals surface area contributed by atoms with Crippen LogP contribution < -0.4 is 0 Å². The quantitative estimate of drug-likeness (QED) is 0.0222. The number of hydrogen-bond acceptors (Lipinski definition) is 15. The second-order valence-corrected chi connectivity index (χ2v) is 31.3. The van der Waals surface area contributed by atoms with Crippen molar-refractivity contribution >= 4 is 39.5 Å². The first-order chi connectivity index (χ1) is 45.9. The zero-order valence-electron chi connectivity index (χ0n) is 62.0. The highest BCUT2D eigenvalue weighted by Crippen LogP contribution is 2.45. The summed E-state index contributed by atoms with van der Waals surface area (Å²) < 4.78 is 68.5. The summed E-state index contributed by atoms with van der Waals surface area (Å²) in [6, 6.07) is 0. The maximum absolute atomic E-state index is 13.1. The number of hydrogen-bond donors (Lipinski definition) is 3. The van der Waals surface area contributed by atoms with Crippen LogP contribution in [0, 0.1) is 11.8 Å². The Balaban J connectivity index is 5.20. The molecule has 0 heterocycles. The summed E-state index contributed by atoms with van der Waals surface area (Å²) in [7, 11) is -9.91. The molecule has 0 aromatic heterocycles. The molecule has 0 radical (unpaired) electrons. The van der Waals surface area contributed by atoms with Gasteiger partial charge in [0.05, 0.1) is 26.4 Å². The molecule has 0 aromatic carbocycles. The van der Waals surface area contributed by atoms with E-state index < -0.39 is 97.5 Å². The van der Waals surface area contributed by atoms with Gasteiger partial charge in [0.15, 0.2) is 12.2 Å². The van der Waals surface area contributed by atoms with Gasteiger partial charge in [-0.1, -0.05) is 343 Å². The van der Waals surface area contributed by atoms with Crippen molar-refractivity contribution in [1.82, 2.24) is 0 Å². The number of carbonyl (C=O) groups excluding carboxylic acids is 4. The van der Waals surface area contributed by atoms with Gasteiger partial charge < -0.3 is 33.8 Å². The molecule has 0 bridgehead atoms. The molecule has 2 unspecified atom stereocenters. The third kappa shape index (κ3) is 70.3. The van der Waals surface area contributed by atoms with E-state index in [1.807, 2.05) is 0 Å². The second kappa shape index (κ2) is 67.9. The highest BCUT2D eigenvalue weighted by Gasteiger charge is 2.30. The normalized spacial score (nSPS) is 14.0. The SMILES string of the molecule is CCCCCCCCCCCCCCCCCCCCCCC(=O)O[C@H](COC(=O)CCCCCCCCCCCCC(C)C)COP(=O)(O)OC[C@@H](O)COP(=O)(O)OC[C@@H](COC(=O)CCCCCCCCCCC)OC(=O)CCCCCCCCCCCCC(C)C. The van der Waals surface area contributed by atoms with Crippen LogP contribution in [-0.4, -0.2) is 96.7 Å². The van der Waals surface area contributed by atoms with Crippen LogP contribution in [0.1, 0.15) is 395 Å². The molecule has 0 aliphatic carbocycles. The molecule has 0 fully saturated rings. The molecule has 0 spiro atoms. The van der Waals surface area contributed by atoms with E-state index in [9.17, 15) is 43.2 Å².